The molecule has 0 aliphatic heterocycles. The molecule has 2 atom stereocenters. The number of aryl methyl sites for hydroxylation is 1. The van der Waals surface area contributed by atoms with E-state index in [1.165, 1.54) is 7.11 Å². The van der Waals surface area contributed by atoms with Crippen LogP contribution in [0, 0.1) is 0 Å². The lowest BCUT2D eigenvalue weighted by Crippen LogP contribution is -2.31. The van der Waals surface area contributed by atoms with E-state index < -0.39 is 19.6 Å². The SMILES string of the molecule is CCc1cccc(O[P@@](=O)(CC[C@@H](N)C(=O)O)OC)c1. The number of aliphatic carboxylic acids is 1. The molecule has 0 heterocycles. The van der Waals surface area contributed by atoms with Gasteiger partial charge in [0.1, 0.15) is 11.8 Å². The lowest BCUT2D eigenvalue weighted by Gasteiger charge is -2.18. The van der Waals surface area contributed by atoms with Gasteiger partial charge in [-0.25, -0.2) is 4.57 Å². The zero-order valence-corrected chi connectivity index (χ0v) is 12.5. The molecule has 112 valence electrons. The van der Waals surface area contributed by atoms with E-state index in [0.29, 0.717) is 5.75 Å². The smallest absolute Gasteiger partial charge is 0.378 e. The number of rotatable bonds is 8. The van der Waals surface area contributed by atoms with Gasteiger partial charge in [-0.1, -0.05) is 19.1 Å². The third-order valence-corrected chi connectivity index (χ3v) is 4.71. The predicted molar refractivity (Wildman–Crippen MR) is 76.2 cm³/mol. The lowest BCUT2D eigenvalue weighted by atomic mass is 10.2. The van der Waals surface area contributed by atoms with Gasteiger partial charge in [0.15, 0.2) is 0 Å². The fourth-order valence-electron chi connectivity index (χ4n) is 1.58. The van der Waals surface area contributed by atoms with Crippen molar-refractivity contribution in [2.45, 2.75) is 25.8 Å². The molecule has 3 N–H and O–H groups in total. The molecule has 0 saturated heterocycles. The van der Waals surface area contributed by atoms with Crippen molar-refractivity contribution in [3.05, 3.63) is 29.8 Å². The topological polar surface area (TPSA) is 98.9 Å². The lowest BCUT2D eigenvalue weighted by molar-refractivity contribution is -0.138. The minimum atomic E-state index is -3.39. The Balaban J connectivity index is 2.73. The molecule has 0 spiro atoms. The van der Waals surface area contributed by atoms with Crippen molar-refractivity contribution in [1.29, 1.82) is 0 Å². The molecule has 0 aromatic heterocycles. The molecule has 0 amide bonds. The Bertz CT molecular complexity index is 505. The first kappa shape index (κ1) is 16.7. The number of carboxylic acid groups (broad SMARTS) is 1. The highest BCUT2D eigenvalue weighted by atomic mass is 31.2. The van der Waals surface area contributed by atoms with Crippen molar-refractivity contribution in [3.8, 4) is 5.75 Å². The summed E-state index contributed by atoms with van der Waals surface area (Å²) in [7, 11) is -2.11. The van der Waals surface area contributed by atoms with Crippen LogP contribution in [-0.4, -0.2) is 30.4 Å². The first-order valence-electron chi connectivity index (χ1n) is 6.32. The molecule has 1 aromatic rings. The van der Waals surface area contributed by atoms with Gasteiger partial charge in [-0.2, -0.15) is 0 Å². The molecule has 1 aromatic carbocycles. The van der Waals surface area contributed by atoms with Crippen molar-refractivity contribution in [2.24, 2.45) is 5.73 Å². The van der Waals surface area contributed by atoms with Crippen LogP contribution in [0.5, 0.6) is 5.75 Å². The number of carbonyl (C=O) groups is 1. The third kappa shape index (κ3) is 4.96. The Morgan fingerprint density at radius 2 is 2.20 bits per heavy atom. The summed E-state index contributed by atoms with van der Waals surface area (Å²) in [6.07, 6.45) is 0.805. The average molecular weight is 301 g/mol. The standard InChI is InChI=1S/C13H20NO5P/c1-3-10-5-4-6-11(9-10)19-20(17,18-2)8-7-12(14)13(15)16/h4-6,9,12H,3,7-8,14H2,1-2H3,(H,15,16)/t12-,20-/m1/s1. The second-order valence-corrected chi connectivity index (χ2v) is 6.56. The molecule has 20 heavy (non-hydrogen) atoms. The van der Waals surface area contributed by atoms with Gasteiger partial charge in [-0.15, -0.1) is 0 Å². The number of nitrogens with two attached hydrogens (primary N) is 1. The molecular weight excluding hydrogens is 281 g/mol. The summed E-state index contributed by atoms with van der Waals surface area (Å²) < 4.78 is 22.7. The van der Waals surface area contributed by atoms with Crippen LogP contribution >= 0.6 is 7.60 Å². The highest BCUT2D eigenvalue weighted by Gasteiger charge is 2.27. The Hall–Kier alpha value is -1.36. The highest BCUT2D eigenvalue weighted by Crippen LogP contribution is 2.48. The Labute approximate surface area is 118 Å². The van der Waals surface area contributed by atoms with E-state index in [1.54, 1.807) is 18.2 Å². The van der Waals surface area contributed by atoms with Gasteiger partial charge in [-0.3, -0.25) is 4.79 Å². The number of hydrogen-bond donors (Lipinski definition) is 2. The van der Waals surface area contributed by atoms with Crippen molar-refractivity contribution >= 4 is 13.6 Å². The number of hydrogen-bond acceptors (Lipinski definition) is 5. The molecule has 6 nitrogen and oxygen atoms in total. The van der Waals surface area contributed by atoms with Crippen LogP contribution in [-0.2, 0) is 20.3 Å². The zero-order valence-electron chi connectivity index (χ0n) is 11.6. The molecule has 0 aliphatic rings. The quantitative estimate of drug-likeness (QED) is 0.715. The van der Waals surface area contributed by atoms with Gasteiger partial charge in [0.05, 0.1) is 6.16 Å². The zero-order chi connectivity index (χ0) is 15.2. The maximum Gasteiger partial charge on any atom is 0.378 e. The molecule has 0 saturated carbocycles. The van der Waals surface area contributed by atoms with Crippen molar-refractivity contribution in [2.75, 3.05) is 13.3 Å². The van der Waals surface area contributed by atoms with Crippen molar-refractivity contribution in [1.82, 2.24) is 0 Å². The molecule has 0 fully saturated rings. The average Bonchev–Trinajstić information content (AvgIpc) is 2.44. The van der Waals surface area contributed by atoms with Gasteiger partial charge in [0.2, 0.25) is 0 Å². The molecule has 1 rings (SSSR count). The number of carboxylic acids is 1. The molecule has 0 radical (unpaired) electrons. The minimum absolute atomic E-state index is 0.0217. The largest absolute Gasteiger partial charge is 0.480 e. The first-order valence-corrected chi connectivity index (χ1v) is 8.04. The van der Waals surface area contributed by atoms with Gasteiger partial charge < -0.3 is 19.9 Å². The molecule has 0 bridgehead atoms. The van der Waals surface area contributed by atoms with Crippen LogP contribution in [0.2, 0.25) is 0 Å². The first-order chi connectivity index (χ1) is 9.40. The summed E-state index contributed by atoms with van der Waals surface area (Å²) in [5, 5.41) is 8.71. The van der Waals surface area contributed by atoms with E-state index in [0.717, 1.165) is 12.0 Å². The Kier molecular flexibility index (Phi) is 6.20. The fourth-order valence-corrected chi connectivity index (χ4v) is 2.96. The molecule has 0 aliphatic carbocycles. The van der Waals surface area contributed by atoms with E-state index in [-0.39, 0.29) is 12.6 Å². The molecule has 7 heteroatoms. The molecular formula is C13H20NO5P. The third-order valence-electron chi connectivity index (χ3n) is 2.86. The number of benzene rings is 1. The van der Waals surface area contributed by atoms with Crippen LogP contribution in [0.25, 0.3) is 0 Å². The normalized spacial score (nSPS) is 15.3. The Morgan fingerprint density at radius 1 is 1.50 bits per heavy atom. The van der Waals surface area contributed by atoms with Crippen molar-refractivity contribution in [3.63, 3.8) is 0 Å². The van der Waals surface area contributed by atoms with Gasteiger partial charge in [0.25, 0.3) is 0 Å². The van der Waals surface area contributed by atoms with E-state index >= 15 is 0 Å². The monoisotopic (exact) mass is 301 g/mol. The summed E-state index contributed by atoms with van der Waals surface area (Å²) >= 11 is 0. The molecule has 0 unspecified atom stereocenters. The Morgan fingerprint density at radius 3 is 2.75 bits per heavy atom. The predicted octanol–water partition coefficient (Wildman–Crippen LogP) is 2.27. The maximum atomic E-state index is 12.4. The second kappa shape index (κ2) is 7.43. The van der Waals surface area contributed by atoms with E-state index in [4.69, 9.17) is 19.9 Å². The summed E-state index contributed by atoms with van der Waals surface area (Å²) in [6.45, 7) is 2.00. The fraction of sp³-hybridized carbons (Fsp3) is 0.462. The van der Waals surface area contributed by atoms with Gasteiger partial charge in [0, 0.05) is 7.11 Å². The van der Waals surface area contributed by atoms with Crippen LogP contribution in [0.3, 0.4) is 0 Å². The van der Waals surface area contributed by atoms with Gasteiger partial charge in [-0.05, 0) is 30.5 Å². The van der Waals surface area contributed by atoms with Crippen LogP contribution < -0.4 is 10.3 Å². The summed E-state index contributed by atoms with van der Waals surface area (Å²) in [6, 6.07) is 6.12. The maximum absolute atomic E-state index is 12.4. The van der Waals surface area contributed by atoms with Crippen LogP contribution in [0.15, 0.2) is 24.3 Å². The van der Waals surface area contributed by atoms with Crippen LogP contribution in [0.4, 0.5) is 0 Å². The van der Waals surface area contributed by atoms with E-state index in [1.807, 2.05) is 13.0 Å². The minimum Gasteiger partial charge on any atom is -0.480 e. The van der Waals surface area contributed by atoms with Crippen LogP contribution in [0.1, 0.15) is 18.9 Å². The summed E-state index contributed by atoms with van der Waals surface area (Å²) in [4.78, 5) is 10.6. The second-order valence-electron chi connectivity index (χ2n) is 4.34. The highest BCUT2D eigenvalue weighted by molar-refractivity contribution is 7.54. The van der Waals surface area contributed by atoms with Gasteiger partial charge >= 0.3 is 13.6 Å². The van der Waals surface area contributed by atoms with E-state index in [2.05, 4.69) is 0 Å². The van der Waals surface area contributed by atoms with E-state index in [9.17, 15) is 9.36 Å². The van der Waals surface area contributed by atoms with Crippen molar-refractivity contribution < 1.29 is 23.5 Å². The summed E-state index contributed by atoms with van der Waals surface area (Å²) in [5.74, 6) is -0.695. The summed E-state index contributed by atoms with van der Waals surface area (Å²) in [5.41, 5.74) is 6.43.